The Balaban J connectivity index is 2.24. The molecule has 0 atom stereocenters. The number of aromatic nitrogens is 1. The zero-order valence-electron chi connectivity index (χ0n) is 12.9. The maximum absolute atomic E-state index is 13.8. The van der Waals surface area contributed by atoms with Crippen molar-refractivity contribution in [2.45, 2.75) is 13.5 Å². The van der Waals surface area contributed by atoms with Gasteiger partial charge in [0.25, 0.3) is 5.91 Å². The van der Waals surface area contributed by atoms with Gasteiger partial charge in [-0.2, -0.15) is 4.99 Å². The lowest BCUT2D eigenvalue weighted by atomic mass is 10.2. The second kappa shape index (κ2) is 6.71. The van der Waals surface area contributed by atoms with Crippen molar-refractivity contribution in [2.24, 2.45) is 4.99 Å². The normalized spacial score (nSPS) is 11.9. The van der Waals surface area contributed by atoms with Crippen LogP contribution in [0.1, 0.15) is 15.9 Å². The van der Waals surface area contributed by atoms with Crippen LogP contribution in [0.2, 0.25) is 5.02 Å². The summed E-state index contributed by atoms with van der Waals surface area (Å²) in [5, 5.41) is 0.644. The Hall–Kier alpha value is -2.24. The number of carbonyl (C=O) groups is 1. The molecular weight excluding hydrogens is 347 g/mol. The van der Waals surface area contributed by atoms with E-state index in [2.05, 4.69) is 11.6 Å². The van der Waals surface area contributed by atoms with Crippen molar-refractivity contribution < 1.29 is 9.18 Å². The van der Waals surface area contributed by atoms with Gasteiger partial charge in [0.2, 0.25) is 0 Å². The summed E-state index contributed by atoms with van der Waals surface area (Å²) in [5.74, 6) is -1.19. The number of nitrogens with zero attached hydrogens (tertiary/aromatic N) is 2. The molecule has 0 radical (unpaired) electrons. The highest BCUT2D eigenvalue weighted by atomic mass is 35.5. The number of benzene rings is 2. The van der Waals surface area contributed by atoms with Gasteiger partial charge in [0.05, 0.1) is 15.8 Å². The van der Waals surface area contributed by atoms with Gasteiger partial charge in [-0.3, -0.25) is 4.79 Å². The monoisotopic (exact) mass is 360 g/mol. The molecule has 0 saturated carbocycles. The number of carbonyl (C=O) groups excluding carboxylic acids is 1. The third kappa shape index (κ3) is 2.92. The molecule has 0 aliphatic carbocycles. The second-order valence-corrected chi connectivity index (χ2v) is 6.62. The molecule has 24 heavy (non-hydrogen) atoms. The molecule has 0 aliphatic heterocycles. The number of fused-ring (bicyclic) bond motifs is 1. The largest absolute Gasteiger partial charge is 0.312 e. The summed E-state index contributed by atoms with van der Waals surface area (Å²) >= 11 is 7.57. The summed E-state index contributed by atoms with van der Waals surface area (Å²) in [6, 6.07) is 9.52. The van der Waals surface area contributed by atoms with Gasteiger partial charge in [-0.15, -0.1) is 6.58 Å². The van der Waals surface area contributed by atoms with Crippen molar-refractivity contribution in [1.82, 2.24) is 4.57 Å². The van der Waals surface area contributed by atoms with Crippen LogP contribution in [-0.2, 0) is 6.54 Å². The predicted octanol–water partition coefficient (Wildman–Crippen LogP) is 4.73. The Kier molecular flexibility index (Phi) is 4.64. The van der Waals surface area contributed by atoms with Crippen molar-refractivity contribution in [2.75, 3.05) is 0 Å². The van der Waals surface area contributed by atoms with E-state index in [9.17, 15) is 9.18 Å². The van der Waals surface area contributed by atoms with Crippen molar-refractivity contribution in [1.29, 1.82) is 0 Å². The zero-order chi connectivity index (χ0) is 17.3. The third-order valence-electron chi connectivity index (χ3n) is 3.64. The number of hydrogen-bond acceptors (Lipinski definition) is 2. The highest BCUT2D eigenvalue weighted by Crippen LogP contribution is 2.27. The highest BCUT2D eigenvalue weighted by Gasteiger charge is 2.13. The Morgan fingerprint density at radius 2 is 2.12 bits per heavy atom. The van der Waals surface area contributed by atoms with Crippen molar-refractivity contribution in [3.63, 3.8) is 0 Å². The summed E-state index contributed by atoms with van der Waals surface area (Å²) in [5.41, 5.74) is 1.77. The standard InChI is InChI=1S/C18H14ClFN2OS/c1-3-10-22-16-11(2)13(19)8-9-15(16)24-18(22)21-17(23)12-6-4-5-7-14(12)20/h3-9H,1,10H2,2H3. The molecule has 0 spiro atoms. The van der Waals surface area contributed by atoms with Gasteiger partial charge in [-0.25, -0.2) is 4.39 Å². The van der Waals surface area contributed by atoms with E-state index >= 15 is 0 Å². The van der Waals surface area contributed by atoms with Crippen LogP contribution < -0.4 is 4.80 Å². The molecule has 6 heteroatoms. The first-order valence-corrected chi connectivity index (χ1v) is 8.45. The van der Waals surface area contributed by atoms with E-state index in [1.54, 1.807) is 12.1 Å². The van der Waals surface area contributed by atoms with Crippen LogP contribution >= 0.6 is 22.9 Å². The number of allylic oxidation sites excluding steroid dienone is 1. The maximum atomic E-state index is 13.8. The number of amides is 1. The minimum absolute atomic E-state index is 0.0464. The van der Waals surface area contributed by atoms with Gasteiger partial charge in [0.15, 0.2) is 4.80 Å². The number of aryl methyl sites for hydroxylation is 1. The van der Waals surface area contributed by atoms with Gasteiger partial charge >= 0.3 is 0 Å². The van der Waals surface area contributed by atoms with E-state index in [0.29, 0.717) is 16.4 Å². The molecule has 0 unspecified atom stereocenters. The first-order chi connectivity index (χ1) is 11.5. The lowest BCUT2D eigenvalue weighted by molar-refractivity contribution is 0.0994. The Labute approximate surface area is 147 Å². The van der Waals surface area contributed by atoms with Crippen molar-refractivity contribution in [3.05, 3.63) is 75.8 Å². The first kappa shape index (κ1) is 16.6. The lowest BCUT2D eigenvalue weighted by Crippen LogP contribution is -2.17. The fourth-order valence-electron chi connectivity index (χ4n) is 2.48. The topological polar surface area (TPSA) is 34.4 Å². The molecule has 0 aliphatic rings. The molecule has 1 heterocycles. The molecule has 3 nitrogen and oxygen atoms in total. The second-order valence-electron chi connectivity index (χ2n) is 5.20. The summed E-state index contributed by atoms with van der Waals surface area (Å²) in [7, 11) is 0. The Bertz CT molecular complexity index is 1020. The molecule has 3 aromatic rings. The average Bonchev–Trinajstić information content (AvgIpc) is 2.90. The zero-order valence-corrected chi connectivity index (χ0v) is 14.5. The Morgan fingerprint density at radius 1 is 1.38 bits per heavy atom. The Morgan fingerprint density at radius 3 is 2.83 bits per heavy atom. The van der Waals surface area contributed by atoms with E-state index in [1.807, 2.05) is 23.6 Å². The average molecular weight is 361 g/mol. The van der Waals surface area contributed by atoms with Crippen LogP contribution in [0.15, 0.2) is 54.0 Å². The fraction of sp³-hybridized carbons (Fsp3) is 0.111. The summed E-state index contributed by atoms with van der Waals surface area (Å²) < 4.78 is 16.6. The molecule has 3 rings (SSSR count). The smallest absolute Gasteiger partial charge is 0.282 e. The van der Waals surface area contributed by atoms with E-state index in [0.717, 1.165) is 15.8 Å². The summed E-state index contributed by atoms with van der Waals surface area (Å²) in [4.78, 5) is 17.0. The molecule has 0 N–H and O–H groups in total. The third-order valence-corrected chi connectivity index (χ3v) is 5.10. The van der Waals surface area contributed by atoms with Crippen LogP contribution in [0.25, 0.3) is 10.2 Å². The van der Waals surface area contributed by atoms with Gasteiger partial charge in [0, 0.05) is 11.6 Å². The van der Waals surface area contributed by atoms with Gasteiger partial charge in [-0.05, 0) is 36.8 Å². The van der Waals surface area contributed by atoms with Gasteiger partial charge in [-0.1, -0.05) is 41.1 Å². The molecule has 0 saturated heterocycles. The minimum Gasteiger partial charge on any atom is -0.312 e. The van der Waals surface area contributed by atoms with Crippen LogP contribution in [0.4, 0.5) is 4.39 Å². The van der Waals surface area contributed by atoms with E-state index in [4.69, 9.17) is 11.6 Å². The van der Waals surface area contributed by atoms with Crippen LogP contribution in [-0.4, -0.2) is 10.5 Å². The van der Waals surface area contributed by atoms with E-state index in [1.165, 1.54) is 29.5 Å². The van der Waals surface area contributed by atoms with Crippen molar-refractivity contribution >= 4 is 39.1 Å². The molecule has 1 amide bonds. The number of hydrogen-bond donors (Lipinski definition) is 0. The number of halogens is 2. The molecule has 122 valence electrons. The number of thiazole rings is 1. The molecule has 1 aromatic heterocycles. The maximum Gasteiger partial charge on any atom is 0.282 e. The summed E-state index contributed by atoms with van der Waals surface area (Å²) in [6.45, 7) is 6.14. The molecule has 0 bridgehead atoms. The highest BCUT2D eigenvalue weighted by molar-refractivity contribution is 7.16. The molecule has 0 fully saturated rings. The van der Waals surface area contributed by atoms with E-state index in [-0.39, 0.29) is 5.56 Å². The number of rotatable bonds is 3. The first-order valence-electron chi connectivity index (χ1n) is 7.26. The van der Waals surface area contributed by atoms with E-state index < -0.39 is 11.7 Å². The van der Waals surface area contributed by atoms with Crippen LogP contribution in [0.5, 0.6) is 0 Å². The van der Waals surface area contributed by atoms with Gasteiger partial charge < -0.3 is 4.57 Å². The van der Waals surface area contributed by atoms with Crippen molar-refractivity contribution in [3.8, 4) is 0 Å². The van der Waals surface area contributed by atoms with Crippen LogP contribution in [0.3, 0.4) is 0 Å². The molecular formula is C18H14ClFN2OS. The minimum atomic E-state index is -0.610. The van der Waals surface area contributed by atoms with Crippen LogP contribution in [0, 0.1) is 12.7 Å². The summed E-state index contributed by atoms with van der Waals surface area (Å²) in [6.07, 6.45) is 1.72. The van der Waals surface area contributed by atoms with Gasteiger partial charge in [0.1, 0.15) is 5.82 Å². The predicted molar refractivity (Wildman–Crippen MR) is 96.1 cm³/mol. The SMILES string of the molecule is C=CCn1c(=NC(=O)c2ccccc2F)sc2ccc(Cl)c(C)c21. The lowest BCUT2D eigenvalue weighted by Gasteiger charge is -2.05. The molecule has 2 aromatic carbocycles. The quantitative estimate of drug-likeness (QED) is 0.622. The fourth-order valence-corrected chi connectivity index (χ4v) is 3.73.